The van der Waals surface area contributed by atoms with E-state index in [1.165, 1.54) is 62.8 Å². The maximum absolute atomic E-state index is 4.57. The lowest BCUT2D eigenvalue weighted by Crippen LogP contribution is -2.56. The summed E-state index contributed by atoms with van der Waals surface area (Å²) in [5.41, 5.74) is 7.07. The molecule has 5 nitrogen and oxygen atoms in total. The standard InChI is InChI=1S/C24H41N5/c1-18(27-14-16-28(17-15-27)19(2)24(3)10-11-24)20-4-6-21(7-5-20)22-8-9-23-25-12-13-29(23)26-22/h20-23,25-26H,1-2,4-17H2,3H3. The van der Waals surface area contributed by atoms with E-state index in [1.54, 1.807) is 0 Å². The molecule has 3 heterocycles. The molecule has 3 saturated heterocycles. The Bertz CT molecular complexity index is 625. The Hall–Kier alpha value is -1.04. The third kappa shape index (κ3) is 3.98. The second kappa shape index (κ2) is 7.90. The zero-order valence-electron chi connectivity index (χ0n) is 18.5. The quantitative estimate of drug-likeness (QED) is 0.742. The van der Waals surface area contributed by atoms with Crippen LogP contribution < -0.4 is 10.7 Å². The lowest BCUT2D eigenvalue weighted by molar-refractivity contribution is 0.0447. The highest BCUT2D eigenvalue weighted by atomic mass is 15.6. The van der Waals surface area contributed by atoms with E-state index >= 15 is 0 Å². The Labute approximate surface area is 177 Å². The summed E-state index contributed by atoms with van der Waals surface area (Å²) in [5.74, 6) is 1.55. The van der Waals surface area contributed by atoms with Gasteiger partial charge >= 0.3 is 0 Å². The summed E-state index contributed by atoms with van der Waals surface area (Å²) in [6, 6.07) is 0.693. The van der Waals surface area contributed by atoms with Crippen LogP contribution in [-0.2, 0) is 0 Å². The number of hydrogen-bond donors (Lipinski definition) is 2. The zero-order valence-corrected chi connectivity index (χ0v) is 18.5. The van der Waals surface area contributed by atoms with Gasteiger partial charge in [0.15, 0.2) is 0 Å². The number of piperazine rings is 1. The van der Waals surface area contributed by atoms with Crippen LogP contribution in [0.3, 0.4) is 0 Å². The molecule has 0 spiro atoms. The van der Waals surface area contributed by atoms with Gasteiger partial charge in [0.1, 0.15) is 0 Å². The predicted octanol–water partition coefficient (Wildman–Crippen LogP) is 3.14. The van der Waals surface area contributed by atoms with Gasteiger partial charge in [0, 0.05) is 62.1 Å². The molecular weight excluding hydrogens is 358 g/mol. The van der Waals surface area contributed by atoms with Gasteiger partial charge in [-0.25, -0.2) is 5.01 Å². The normalized spacial score (nSPS) is 37.3. The van der Waals surface area contributed by atoms with Gasteiger partial charge in [-0.05, 0) is 63.2 Å². The monoisotopic (exact) mass is 399 g/mol. The van der Waals surface area contributed by atoms with Crippen LogP contribution in [0.2, 0.25) is 0 Å². The number of nitrogens with zero attached hydrogens (tertiary/aromatic N) is 3. The van der Waals surface area contributed by atoms with Crippen LogP contribution in [0.15, 0.2) is 24.6 Å². The first-order valence-electron chi connectivity index (χ1n) is 12.2. The summed E-state index contributed by atoms with van der Waals surface area (Å²) in [4.78, 5) is 5.13. The number of nitrogens with one attached hydrogen (secondary N) is 2. The summed E-state index contributed by atoms with van der Waals surface area (Å²) in [6.07, 6.45) is 11.3. The van der Waals surface area contributed by atoms with E-state index in [0.29, 0.717) is 23.5 Å². The van der Waals surface area contributed by atoms with Crippen molar-refractivity contribution >= 4 is 0 Å². The Balaban J connectivity index is 1.07. The van der Waals surface area contributed by atoms with Crippen LogP contribution in [-0.4, -0.2) is 66.3 Å². The molecule has 0 radical (unpaired) electrons. The first kappa shape index (κ1) is 19.9. The first-order valence-corrected chi connectivity index (χ1v) is 12.2. The summed E-state index contributed by atoms with van der Waals surface area (Å²) >= 11 is 0. The smallest absolute Gasteiger partial charge is 0.0734 e. The van der Waals surface area contributed by atoms with E-state index in [4.69, 9.17) is 0 Å². The minimum absolute atomic E-state index is 0.413. The Morgan fingerprint density at radius 1 is 0.862 bits per heavy atom. The number of hydrogen-bond acceptors (Lipinski definition) is 5. The third-order valence-corrected chi connectivity index (χ3v) is 8.77. The van der Waals surface area contributed by atoms with E-state index < -0.39 is 0 Å². The molecule has 2 N–H and O–H groups in total. The van der Waals surface area contributed by atoms with E-state index in [0.717, 1.165) is 45.2 Å². The molecular formula is C24H41N5. The lowest BCUT2D eigenvalue weighted by atomic mass is 9.76. The molecule has 0 aromatic heterocycles. The average molecular weight is 400 g/mol. The SMILES string of the molecule is C=C(C1CCC(C2CCC3NCCN3N2)CC1)N1CCN(C(=C)C2(C)CC2)CC1. The average Bonchev–Trinajstić information content (AvgIpc) is 3.34. The van der Waals surface area contributed by atoms with Gasteiger partial charge in [0.05, 0.1) is 6.17 Å². The van der Waals surface area contributed by atoms with Crippen molar-refractivity contribution < 1.29 is 0 Å². The zero-order chi connectivity index (χ0) is 20.0. The molecule has 29 heavy (non-hydrogen) atoms. The number of hydrazine groups is 1. The van der Waals surface area contributed by atoms with Gasteiger partial charge < -0.3 is 9.80 Å². The fourth-order valence-electron chi connectivity index (χ4n) is 6.22. The van der Waals surface area contributed by atoms with Crippen LogP contribution in [0.25, 0.3) is 0 Å². The van der Waals surface area contributed by atoms with Crippen molar-refractivity contribution in [3.8, 4) is 0 Å². The number of rotatable bonds is 5. The summed E-state index contributed by atoms with van der Waals surface area (Å²) in [6.45, 7) is 18.2. The molecule has 5 heteroatoms. The lowest BCUT2D eigenvalue weighted by Gasteiger charge is -2.45. The van der Waals surface area contributed by atoms with Crippen molar-refractivity contribution in [1.29, 1.82) is 0 Å². The molecule has 2 aliphatic carbocycles. The second-order valence-electron chi connectivity index (χ2n) is 10.6. The van der Waals surface area contributed by atoms with Gasteiger partial charge in [-0.2, -0.15) is 0 Å². The first-order chi connectivity index (χ1) is 14.0. The molecule has 5 fully saturated rings. The molecule has 0 aromatic carbocycles. The van der Waals surface area contributed by atoms with Gasteiger partial charge in [-0.1, -0.05) is 20.1 Å². The maximum atomic E-state index is 4.57. The number of allylic oxidation sites excluding steroid dienone is 2. The molecule has 0 amide bonds. The van der Waals surface area contributed by atoms with Crippen LogP contribution in [0.4, 0.5) is 0 Å². The van der Waals surface area contributed by atoms with E-state index in [1.807, 2.05) is 0 Å². The minimum atomic E-state index is 0.413. The molecule has 2 atom stereocenters. The fourth-order valence-corrected chi connectivity index (χ4v) is 6.22. The molecule has 3 aliphatic heterocycles. The van der Waals surface area contributed by atoms with Crippen molar-refractivity contribution in [3.63, 3.8) is 0 Å². The highest BCUT2D eigenvalue weighted by Gasteiger charge is 2.43. The van der Waals surface area contributed by atoms with Crippen molar-refractivity contribution in [3.05, 3.63) is 24.6 Å². The van der Waals surface area contributed by atoms with Crippen molar-refractivity contribution in [2.45, 2.75) is 70.5 Å². The summed E-state index contributed by atoms with van der Waals surface area (Å²) in [7, 11) is 0. The summed E-state index contributed by atoms with van der Waals surface area (Å²) < 4.78 is 0. The molecule has 2 saturated carbocycles. The minimum Gasteiger partial charge on any atom is -0.372 e. The predicted molar refractivity (Wildman–Crippen MR) is 119 cm³/mol. The van der Waals surface area contributed by atoms with Crippen LogP contribution >= 0.6 is 0 Å². The summed E-state index contributed by atoms with van der Waals surface area (Å²) in [5, 5.41) is 6.07. The van der Waals surface area contributed by atoms with Gasteiger partial charge in [0.2, 0.25) is 0 Å². The highest BCUT2D eigenvalue weighted by molar-refractivity contribution is 5.17. The van der Waals surface area contributed by atoms with Crippen LogP contribution in [0.5, 0.6) is 0 Å². The highest BCUT2D eigenvalue weighted by Crippen LogP contribution is 2.51. The van der Waals surface area contributed by atoms with Crippen molar-refractivity contribution in [2.75, 3.05) is 39.3 Å². The fraction of sp³-hybridized carbons (Fsp3) is 0.833. The molecule has 0 bridgehead atoms. The number of fused-ring (bicyclic) bond motifs is 1. The van der Waals surface area contributed by atoms with E-state index in [2.05, 4.69) is 45.6 Å². The second-order valence-corrected chi connectivity index (χ2v) is 10.6. The van der Waals surface area contributed by atoms with Gasteiger partial charge in [-0.3, -0.25) is 10.7 Å². The Kier molecular flexibility index (Phi) is 5.42. The van der Waals surface area contributed by atoms with Crippen molar-refractivity contribution in [1.82, 2.24) is 25.6 Å². The van der Waals surface area contributed by atoms with Crippen LogP contribution in [0, 0.1) is 17.3 Å². The molecule has 0 aromatic rings. The van der Waals surface area contributed by atoms with Crippen LogP contribution in [0.1, 0.15) is 58.3 Å². The molecule has 2 unspecified atom stereocenters. The Morgan fingerprint density at radius 3 is 2.24 bits per heavy atom. The van der Waals surface area contributed by atoms with E-state index in [9.17, 15) is 0 Å². The van der Waals surface area contributed by atoms with Crippen molar-refractivity contribution in [2.24, 2.45) is 17.3 Å². The maximum Gasteiger partial charge on any atom is 0.0734 e. The van der Waals surface area contributed by atoms with Gasteiger partial charge in [-0.15, -0.1) is 0 Å². The topological polar surface area (TPSA) is 33.8 Å². The molecule has 5 aliphatic rings. The molecule has 162 valence electrons. The third-order valence-electron chi connectivity index (χ3n) is 8.77. The van der Waals surface area contributed by atoms with E-state index in [-0.39, 0.29) is 0 Å². The largest absolute Gasteiger partial charge is 0.372 e. The molecule has 5 rings (SSSR count). The van der Waals surface area contributed by atoms with Gasteiger partial charge in [0.25, 0.3) is 0 Å². The Morgan fingerprint density at radius 2 is 1.55 bits per heavy atom.